The Morgan fingerprint density at radius 3 is 2.22 bits per heavy atom. The highest BCUT2D eigenvalue weighted by Crippen LogP contribution is 2.28. The van der Waals surface area contributed by atoms with Crippen molar-refractivity contribution in [1.29, 1.82) is 0 Å². The van der Waals surface area contributed by atoms with Gasteiger partial charge in [-0.15, -0.1) is 0 Å². The molecule has 1 atom stereocenters. The molecule has 1 amide bonds. The van der Waals surface area contributed by atoms with E-state index >= 15 is 0 Å². The quantitative estimate of drug-likeness (QED) is 0.778. The maximum atomic E-state index is 12.9. The molecule has 2 aromatic carbocycles. The van der Waals surface area contributed by atoms with E-state index in [-0.39, 0.29) is 5.91 Å². The van der Waals surface area contributed by atoms with E-state index in [1.54, 1.807) is 0 Å². The van der Waals surface area contributed by atoms with Crippen LogP contribution < -0.4 is 9.62 Å². The molecule has 27 heavy (non-hydrogen) atoms. The Morgan fingerprint density at radius 2 is 1.70 bits per heavy atom. The van der Waals surface area contributed by atoms with Gasteiger partial charge in [-0.2, -0.15) is 0 Å². The van der Waals surface area contributed by atoms with Crippen LogP contribution >= 0.6 is 0 Å². The van der Waals surface area contributed by atoms with Crippen LogP contribution in [0.3, 0.4) is 0 Å². The van der Waals surface area contributed by atoms with Gasteiger partial charge in [0.25, 0.3) is 0 Å². The minimum atomic E-state index is -3.64. The number of anilines is 2. The van der Waals surface area contributed by atoms with Crippen LogP contribution in [0.15, 0.2) is 42.5 Å². The van der Waals surface area contributed by atoms with Gasteiger partial charge in [0, 0.05) is 5.69 Å². The number of carbonyl (C=O) groups is 1. The molecule has 0 saturated heterocycles. The van der Waals surface area contributed by atoms with Crippen molar-refractivity contribution in [3.63, 3.8) is 0 Å². The molecule has 0 unspecified atom stereocenters. The second kappa shape index (κ2) is 8.57. The summed E-state index contributed by atoms with van der Waals surface area (Å²) in [5, 5.41) is 2.86. The monoisotopic (exact) mass is 388 g/mol. The Labute approximate surface area is 162 Å². The summed E-state index contributed by atoms with van der Waals surface area (Å²) in [4.78, 5) is 12.9. The second-order valence-corrected chi connectivity index (χ2v) is 8.67. The summed E-state index contributed by atoms with van der Waals surface area (Å²) in [6, 6.07) is 12.4. The third-order valence-electron chi connectivity index (χ3n) is 4.56. The first-order valence-electron chi connectivity index (χ1n) is 9.13. The van der Waals surface area contributed by atoms with Crippen LogP contribution in [0.1, 0.15) is 37.0 Å². The maximum Gasteiger partial charge on any atom is 0.248 e. The van der Waals surface area contributed by atoms with E-state index in [0.717, 1.165) is 23.8 Å². The highest BCUT2D eigenvalue weighted by atomic mass is 32.2. The zero-order chi connectivity index (χ0) is 20.2. The Hall–Kier alpha value is -2.34. The third-order valence-corrected chi connectivity index (χ3v) is 5.73. The fraction of sp³-hybridized carbons (Fsp3) is 0.381. The Kier molecular flexibility index (Phi) is 6.65. The van der Waals surface area contributed by atoms with E-state index in [9.17, 15) is 13.2 Å². The Bertz CT molecular complexity index is 906. The molecule has 6 heteroatoms. The van der Waals surface area contributed by atoms with Gasteiger partial charge >= 0.3 is 0 Å². The summed E-state index contributed by atoms with van der Waals surface area (Å²) in [7, 11) is -3.64. The number of nitrogens with zero attached hydrogens (tertiary/aromatic N) is 1. The molecule has 0 bridgehead atoms. The van der Waals surface area contributed by atoms with Crippen molar-refractivity contribution < 1.29 is 13.2 Å². The van der Waals surface area contributed by atoms with Crippen LogP contribution in [0.4, 0.5) is 11.4 Å². The van der Waals surface area contributed by atoms with Crippen molar-refractivity contribution in [2.75, 3.05) is 15.9 Å². The van der Waals surface area contributed by atoms with E-state index in [1.165, 1.54) is 9.87 Å². The summed E-state index contributed by atoms with van der Waals surface area (Å²) in [6.07, 6.45) is 2.42. The van der Waals surface area contributed by atoms with E-state index in [4.69, 9.17) is 0 Å². The van der Waals surface area contributed by atoms with Gasteiger partial charge in [0.1, 0.15) is 6.04 Å². The van der Waals surface area contributed by atoms with Crippen molar-refractivity contribution in [2.45, 2.75) is 46.6 Å². The molecule has 0 radical (unpaired) electrons. The normalized spacial score (nSPS) is 12.5. The molecule has 1 N–H and O–H groups in total. The smallest absolute Gasteiger partial charge is 0.248 e. The lowest BCUT2D eigenvalue weighted by molar-refractivity contribution is -0.117. The summed E-state index contributed by atoms with van der Waals surface area (Å²) in [6.45, 7) is 7.63. The van der Waals surface area contributed by atoms with Crippen molar-refractivity contribution in [1.82, 2.24) is 0 Å². The number of rotatable bonds is 7. The van der Waals surface area contributed by atoms with Gasteiger partial charge in [-0.1, -0.05) is 38.1 Å². The van der Waals surface area contributed by atoms with E-state index in [1.807, 2.05) is 63.2 Å². The van der Waals surface area contributed by atoms with Crippen molar-refractivity contribution in [3.8, 4) is 0 Å². The molecule has 0 saturated carbocycles. The first-order chi connectivity index (χ1) is 12.7. The molecule has 0 fully saturated rings. The number of nitrogens with one attached hydrogen (secondary N) is 1. The molecule has 0 aliphatic heterocycles. The topological polar surface area (TPSA) is 66.5 Å². The predicted octanol–water partition coefficient (Wildman–Crippen LogP) is 4.05. The van der Waals surface area contributed by atoms with Crippen LogP contribution in [0.5, 0.6) is 0 Å². The molecule has 2 rings (SSSR count). The number of hydrogen-bond acceptors (Lipinski definition) is 3. The van der Waals surface area contributed by atoms with Gasteiger partial charge in [0.15, 0.2) is 0 Å². The Balaban J connectivity index is 2.39. The van der Waals surface area contributed by atoms with Crippen molar-refractivity contribution >= 4 is 27.3 Å². The van der Waals surface area contributed by atoms with Crippen LogP contribution in [0.25, 0.3) is 0 Å². The summed E-state index contributed by atoms with van der Waals surface area (Å²) in [5.41, 5.74) is 4.12. The molecule has 5 nitrogen and oxygen atoms in total. The van der Waals surface area contributed by atoms with Crippen molar-refractivity contribution in [2.24, 2.45) is 0 Å². The van der Waals surface area contributed by atoms with Gasteiger partial charge < -0.3 is 5.32 Å². The number of carbonyl (C=O) groups excluding carboxylic acids is 1. The summed E-state index contributed by atoms with van der Waals surface area (Å²) < 4.78 is 26.4. The minimum Gasteiger partial charge on any atom is -0.324 e. The molecular formula is C21H28N2O3S. The molecule has 0 spiro atoms. The average molecular weight is 389 g/mol. The number of aryl methyl sites for hydroxylation is 3. The zero-order valence-electron chi connectivity index (χ0n) is 16.6. The first-order valence-corrected chi connectivity index (χ1v) is 11.0. The highest BCUT2D eigenvalue weighted by molar-refractivity contribution is 7.92. The molecular weight excluding hydrogens is 360 g/mol. The molecule has 0 aliphatic rings. The van der Waals surface area contributed by atoms with Gasteiger partial charge in [-0.3, -0.25) is 9.10 Å². The number of sulfonamides is 1. The number of amides is 1. The maximum absolute atomic E-state index is 12.9. The van der Waals surface area contributed by atoms with Crippen molar-refractivity contribution in [3.05, 3.63) is 59.2 Å². The standard InChI is InChI=1S/C21H28N2O3S/c1-6-17-10-12-18(13-11-17)22-21(24)19(7-2)23(27(5,25)26)20-14-15(3)8-9-16(20)4/h8-14,19H,6-7H2,1-5H3,(H,22,24)/t19-/m1/s1. The molecule has 2 aromatic rings. The zero-order valence-corrected chi connectivity index (χ0v) is 17.4. The van der Waals surface area contributed by atoms with Crippen LogP contribution in [0.2, 0.25) is 0 Å². The van der Waals surface area contributed by atoms with E-state index in [0.29, 0.717) is 17.8 Å². The average Bonchev–Trinajstić information content (AvgIpc) is 2.61. The SMILES string of the molecule is CCc1ccc(NC(=O)[C@@H](CC)N(c2cc(C)ccc2C)S(C)(=O)=O)cc1. The number of hydrogen-bond donors (Lipinski definition) is 1. The van der Waals surface area contributed by atoms with Gasteiger partial charge in [0.2, 0.25) is 15.9 Å². The fourth-order valence-corrected chi connectivity index (χ4v) is 4.30. The van der Waals surface area contributed by atoms with Gasteiger partial charge in [-0.05, 0) is 61.6 Å². The summed E-state index contributed by atoms with van der Waals surface area (Å²) in [5.74, 6) is -0.340. The minimum absolute atomic E-state index is 0.340. The molecule has 0 aliphatic carbocycles. The van der Waals surface area contributed by atoms with Crippen LogP contribution in [-0.2, 0) is 21.2 Å². The molecule has 0 heterocycles. The number of benzene rings is 2. The largest absolute Gasteiger partial charge is 0.324 e. The molecule has 146 valence electrons. The summed E-state index contributed by atoms with van der Waals surface area (Å²) >= 11 is 0. The lowest BCUT2D eigenvalue weighted by atomic mass is 10.1. The van der Waals surface area contributed by atoms with Gasteiger partial charge in [0.05, 0.1) is 11.9 Å². The predicted molar refractivity (Wildman–Crippen MR) is 112 cm³/mol. The first kappa shape index (κ1) is 21.0. The third kappa shape index (κ3) is 5.10. The van der Waals surface area contributed by atoms with Crippen LogP contribution in [-0.4, -0.2) is 26.6 Å². The van der Waals surface area contributed by atoms with Crippen LogP contribution in [0, 0.1) is 13.8 Å². The van der Waals surface area contributed by atoms with E-state index in [2.05, 4.69) is 12.2 Å². The second-order valence-electron chi connectivity index (χ2n) is 6.81. The highest BCUT2D eigenvalue weighted by Gasteiger charge is 2.32. The Morgan fingerprint density at radius 1 is 1.07 bits per heavy atom. The van der Waals surface area contributed by atoms with E-state index < -0.39 is 16.1 Å². The van der Waals surface area contributed by atoms with Gasteiger partial charge in [-0.25, -0.2) is 8.42 Å². The fourth-order valence-electron chi connectivity index (χ4n) is 3.04. The lowest BCUT2D eigenvalue weighted by Crippen LogP contribution is -2.47. The lowest BCUT2D eigenvalue weighted by Gasteiger charge is -2.31. The molecule has 0 aromatic heterocycles.